The van der Waals surface area contributed by atoms with Crippen LogP contribution in [0.1, 0.15) is 0 Å². The van der Waals surface area contributed by atoms with Gasteiger partial charge in [0.2, 0.25) is 5.91 Å². The summed E-state index contributed by atoms with van der Waals surface area (Å²) in [5.74, 6) is 0.322. The number of nitrogens with two attached hydrogens (primary N) is 1. The highest BCUT2D eigenvalue weighted by Crippen LogP contribution is 2.29. The molecule has 0 aliphatic rings. The summed E-state index contributed by atoms with van der Waals surface area (Å²) in [6, 6.07) is 3.66. The fourth-order valence-corrected chi connectivity index (χ4v) is 2.32. The summed E-state index contributed by atoms with van der Waals surface area (Å²) in [6.45, 7) is 0.130. The zero-order chi connectivity index (χ0) is 10.8. The van der Waals surface area contributed by atoms with E-state index in [1.54, 1.807) is 23.0 Å². The van der Waals surface area contributed by atoms with E-state index in [-0.39, 0.29) is 6.54 Å². The lowest BCUT2D eigenvalue weighted by Crippen LogP contribution is -2.18. The monoisotopic (exact) mass is 241 g/mol. The molecule has 0 spiro atoms. The highest BCUT2D eigenvalue weighted by atomic mass is 35.5. The molecule has 0 atom stereocenters. The first-order valence-corrected chi connectivity index (χ1v) is 5.41. The third-order valence-electron chi connectivity index (χ3n) is 1.84. The highest BCUT2D eigenvalue weighted by molar-refractivity contribution is 7.19. The minimum atomic E-state index is -0.392. The number of carbonyl (C=O) groups excluding carboxylic acids is 1. The summed E-state index contributed by atoms with van der Waals surface area (Å²) in [7, 11) is 0. The van der Waals surface area contributed by atoms with Crippen LogP contribution in [0.5, 0.6) is 0 Å². The first kappa shape index (κ1) is 10.2. The minimum absolute atomic E-state index is 0.130. The van der Waals surface area contributed by atoms with Gasteiger partial charge in [-0.3, -0.25) is 4.79 Å². The van der Waals surface area contributed by atoms with Crippen LogP contribution in [0.4, 0.5) is 0 Å². The van der Waals surface area contributed by atoms with Gasteiger partial charge in [-0.15, -0.1) is 11.3 Å². The van der Waals surface area contributed by atoms with Crippen molar-refractivity contribution in [3.63, 3.8) is 0 Å². The minimum Gasteiger partial charge on any atom is -0.368 e. The summed E-state index contributed by atoms with van der Waals surface area (Å²) >= 11 is 7.24. The number of hydrogen-bond donors (Lipinski definition) is 1. The Kier molecular flexibility index (Phi) is 2.75. The van der Waals surface area contributed by atoms with Crippen molar-refractivity contribution in [3.8, 4) is 10.7 Å². The first-order chi connectivity index (χ1) is 7.16. The Morgan fingerprint density at radius 3 is 3.00 bits per heavy atom. The number of rotatable bonds is 3. The van der Waals surface area contributed by atoms with Gasteiger partial charge in [0, 0.05) is 12.4 Å². The van der Waals surface area contributed by atoms with Gasteiger partial charge in [-0.1, -0.05) is 11.6 Å². The smallest absolute Gasteiger partial charge is 0.237 e. The second kappa shape index (κ2) is 4.04. The Hall–Kier alpha value is -1.33. The molecule has 2 aromatic rings. The molecular formula is C9H8ClN3OS. The fourth-order valence-electron chi connectivity index (χ4n) is 1.26. The maximum absolute atomic E-state index is 10.8. The van der Waals surface area contributed by atoms with Crippen molar-refractivity contribution in [2.24, 2.45) is 5.73 Å². The van der Waals surface area contributed by atoms with Gasteiger partial charge in [-0.2, -0.15) is 0 Å². The zero-order valence-electron chi connectivity index (χ0n) is 7.68. The van der Waals surface area contributed by atoms with E-state index >= 15 is 0 Å². The predicted molar refractivity (Wildman–Crippen MR) is 59.7 cm³/mol. The number of nitrogens with zero attached hydrogens (tertiary/aromatic N) is 2. The van der Waals surface area contributed by atoms with Crippen molar-refractivity contribution in [3.05, 3.63) is 28.9 Å². The second-order valence-corrected chi connectivity index (χ2v) is 4.66. The van der Waals surface area contributed by atoms with Crippen molar-refractivity contribution >= 4 is 28.8 Å². The van der Waals surface area contributed by atoms with Crippen LogP contribution in [0.15, 0.2) is 24.5 Å². The van der Waals surface area contributed by atoms with Crippen LogP contribution in [0.25, 0.3) is 10.7 Å². The molecule has 2 rings (SSSR count). The zero-order valence-corrected chi connectivity index (χ0v) is 9.26. The summed E-state index contributed by atoms with van der Waals surface area (Å²) in [5.41, 5.74) is 5.13. The maximum atomic E-state index is 10.8. The van der Waals surface area contributed by atoms with Gasteiger partial charge < -0.3 is 10.3 Å². The van der Waals surface area contributed by atoms with Crippen LogP contribution in [0, 0.1) is 0 Å². The molecule has 0 saturated heterocycles. The molecule has 0 unspecified atom stereocenters. The third-order valence-corrected chi connectivity index (χ3v) is 3.06. The Bertz CT molecular complexity index is 491. The van der Waals surface area contributed by atoms with Gasteiger partial charge in [0.15, 0.2) is 5.82 Å². The van der Waals surface area contributed by atoms with E-state index < -0.39 is 5.91 Å². The lowest BCUT2D eigenvalue weighted by Gasteiger charge is -2.02. The number of primary amides is 1. The normalized spacial score (nSPS) is 10.5. The molecule has 78 valence electrons. The van der Waals surface area contributed by atoms with Gasteiger partial charge in [-0.05, 0) is 12.1 Å². The van der Waals surface area contributed by atoms with Gasteiger partial charge >= 0.3 is 0 Å². The molecule has 2 aromatic heterocycles. The van der Waals surface area contributed by atoms with E-state index in [9.17, 15) is 4.79 Å². The van der Waals surface area contributed by atoms with E-state index in [4.69, 9.17) is 17.3 Å². The lowest BCUT2D eigenvalue weighted by atomic mass is 10.4. The number of amides is 1. The van der Waals surface area contributed by atoms with Gasteiger partial charge in [0.25, 0.3) is 0 Å². The number of aromatic nitrogens is 2. The molecule has 0 aliphatic carbocycles. The van der Waals surface area contributed by atoms with E-state index in [0.717, 1.165) is 4.88 Å². The molecule has 0 aliphatic heterocycles. The van der Waals surface area contributed by atoms with E-state index in [0.29, 0.717) is 10.2 Å². The quantitative estimate of drug-likeness (QED) is 0.890. The molecule has 15 heavy (non-hydrogen) atoms. The van der Waals surface area contributed by atoms with Crippen LogP contribution < -0.4 is 5.73 Å². The molecule has 6 heteroatoms. The summed E-state index contributed by atoms with van der Waals surface area (Å²) in [4.78, 5) is 15.9. The van der Waals surface area contributed by atoms with Crippen LogP contribution in [-0.2, 0) is 11.3 Å². The van der Waals surface area contributed by atoms with Gasteiger partial charge in [0.1, 0.15) is 6.54 Å². The Morgan fingerprint density at radius 1 is 1.60 bits per heavy atom. The second-order valence-electron chi connectivity index (χ2n) is 2.95. The summed E-state index contributed by atoms with van der Waals surface area (Å²) in [5, 5.41) is 0. The molecule has 0 aromatic carbocycles. The van der Waals surface area contributed by atoms with E-state index in [2.05, 4.69) is 4.98 Å². The van der Waals surface area contributed by atoms with E-state index in [1.807, 2.05) is 6.07 Å². The van der Waals surface area contributed by atoms with Gasteiger partial charge in [-0.25, -0.2) is 4.98 Å². The van der Waals surface area contributed by atoms with Crippen molar-refractivity contribution < 1.29 is 4.79 Å². The van der Waals surface area contributed by atoms with Crippen LogP contribution in [0.2, 0.25) is 4.34 Å². The fraction of sp³-hybridized carbons (Fsp3) is 0.111. The number of halogens is 1. The van der Waals surface area contributed by atoms with Crippen LogP contribution in [-0.4, -0.2) is 15.5 Å². The molecule has 2 heterocycles. The van der Waals surface area contributed by atoms with Crippen LogP contribution >= 0.6 is 22.9 Å². The molecule has 0 bridgehead atoms. The molecule has 2 N–H and O–H groups in total. The predicted octanol–water partition coefficient (Wildman–Crippen LogP) is 1.75. The third kappa shape index (κ3) is 2.19. The molecule has 0 radical (unpaired) electrons. The molecule has 0 saturated carbocycles. The Balaban J connectivity index is 2.36. The van der Waals surface area contributed by atoms with Crippen LogP contribution in [0.3, 0.4) is 0 Å². The molecule has 4 nitrogen and oxygen atoms in total. The lowest BCUT2D eigenvalue weighted by molar-refractivity contribution is -0.118. The molecule has 1 amide bonds. The van der Waals surface area contributed by atoms with Gasteiger partial charge in [0.05, 0.1) is 9.21 Å². The number of imidazole rings is 1. The Labute approximate surface area is 95.3 Å². The van der Waals surface area contributed by atoms with E-state index in [1.165, 1.54) is 11.3 Å². The number of hydrogen-bond acceptors (Lipinski definition) is 3. The molecular weight excluding hydrogens is 234 g/mol. The van der Waals surface area contributed by atoms with Crippen molar-refractivity contribution in [1.82, 2.24) is 9.55 Å². The topological polar surface area (TPSA) is 60.9 Å². The SMILES string of the molecule is NC(=O)Cn1ccnc1-c1ccc(Cl)s1. The average molecular weight is 242 g/mol. The molecule has 0 fully saturated rings. The summed E-state index contributed by atoms with van der Waals surface area (Å²) in [6.07, 6.45) is 3.35. The van der Waals surface area contributed by atoms with Crippen molar-refractivity contribution in [2.45, 2.75) is 6.54 Å². The maximum Gasteiger partial charge on any atom is 0.237 e. The first-order valence-electron chi connectivity index (χ1n) is 4.22. The van der Waals surface area contributed by atoms with Crippen molar-refractivity contribution in [2.75, 3.05) is 0 Å². The Morgan fingerprint density at radius 2 is 2.40 bits per heavy atom. The average Bonchev–Trinajstić information content (AvgIpc) is 2.72. The highest BCUT2D eigenvalue weighted by Gasteiger charge is 2.09. The summed E-state index contributed by atoms with van der Waals surface area (Å²) < 4.78 is 2.39. The largest absolute Gasteiger partial charge is 0.368 e. The van der Waals surface area contributed by atoms with Crippen molar-refractivity contribution in [1.29, 1.82) is 0 Å². The number of carbonyl (C=O) groups is 1. The number of thiophene rings is 1. The standard InChI is InChI=1S/C9H8ClN3OS/c10-7-2-1-6(15-7)9-12-3-4-13(9)5-8(11)14/h1-4H,5H2,(H2,11,14).